The van der Waals surface area contributed by atoms with Crippen LogP contribution in [-0.4, -0.2) is 11.7 Å². The van der Waals surface area contributed by atoms with Crippen molar-refractivity contribution in [1.82, 2.24) is 0 Å². The van der Waals surface area contributed by atoms with E-state index < -0.39 is 6.10 Å². The van der Waals surface area contributed by atoms with Crippen LogP contribution in [0.15, 0.2) is 18.2 Å². The molecule has 0 saturated heterocycles. The first-order valence-corrected chi connectivity index (χ1v) is 5.06. The number of benzene rings is 1. The summed E-state index contributed by atoms with van der Waals surface area (Å²) in [5.41, 5.74) is 2.04. The third-order valence-corrected chi connectivity index (χ3v) is 2.16. The predicted molar refractivity (Wildman–Crippen MR) is 57.6 cm³/mol. The van der Waals surface area contributed by atoms with Gasteiger partial charge in [0.05, 0.1) is 12.7 Å². The first-order valence-electron chi connectivity index (χ1n) is 5.06. The zero-order valence-electron chi connectivity index (χ0n) is 9.08. The van der Waals surface area contributed by atoms with E-state index in [2.05, 4.69) is 6.92 Å². The van der Waals surface area contributed by atoms with E-state index in [0.29, 0.717) is 0 Å². The number of rotatable bonds is 4. The second kappa shape index (κ2) is 5.01. The van der Waals surface area contributed by atoms with E-state index in [1.54, 1.807) is 6.92 Å². The molecule has 0 aliphatic carbocycles. The molecule has 0 amide bonds. The van der Waals surface area contributed by atoms with Gasteiger partial charge in [0.2, 0.25) is 0 Å². The Labute approximate surface area is 85.5 Å². The summed E-state index contributed by atoms with van der Waals surface area (Å²) in [5.74, 6) is 0.883. The van der Waals surface area contributed by atoms with Crippen LogP contribution in [0.25, 0.3) is 0 Å². The molecule has 0 fully saturated rings. The number of hydrogen-bond donors (Lipinski definition) is 1. The first kappa shape index (κ1) is 11.1. The third-order valence-electron chi connectivity index (χ3n) is 2.16. The van der Waals surface area contributed by atoms with Crippen LogP contribution in [0.3, 0.4) is 0 Å². The lowest BCUT2D eigenvalue weighted by atomic mass is 10.0. The molecule has 2 nitrogen and oxygen atoms in total. The Morgan fingerprint density at radius 2 is 2.14 bits per heavy atom. The molecule has 0 aromatic heterocycles. The Kier molecular flexibility index (Phi) is 3.96. The molecule has 1 N–H and O–H groups in total. The molecule has 0 heterocycles. The second-order valence-corrected chi connectivity index (χ2v) is 3.54. The smallest absolute Gasteiger partial charge is 0.119 e. The van der Waals surface area contributed by atoms with Gasteiger partial charge in [0, 0.05) is 0 Å². The summed E-state index contributed by atoms with van der Waals surface area (Å²) in [5, 5.41) is 9.43. The molecule has 0 aliphatic heterocycles. The average molecular weight is 194 g/mol. The summed E-state index contributed by atoms with van der Waals surface area (Å²) < 4.78 is 5.49. The largest absolute Gasteiger partial charge is 0.494 e. The van der Waals surface area contributed by atoms with Crippen molar-refractivity contribution in [2.75, 3.05) is 6.61 Å². The van der Waals surface area contributed by atoms with Crippen LogP contribution < -0.4 is 4.74 Å². The van der Waals surface area contributed by atoms with Crippen molar-refractivity contribution < 1.29 is 9.84 Å². The van der Waals surface area contributed by atoms with Gasteiger partial charge in [-0.05, 0) is 43.5 Å². The fourth-order valence-corrected chi connectivity index (χ4v) is 1.43. The van der Waals surface area contributed by atoms with E-state index in [-0.39, 0.29) is 0 Å². The molecule has 0 aliphatic rings. The van der Waals surface area contributed by atoms with Crippen LogP contribution >= 0.6 is 0 Å². The van der Waals surface area contributed by atoms with E-state index in [0.717, 1.165) is 29.9 Å². The van der Waals surface area contributed by atoms with E-state index in [4.69, 9.17) is 4.74 Å². The molecule has 0 radical (unpaired) electrons. The summed E-state index contributed by atoms with van der Waals surface area (Å²) in [7, 11) is 0. The monoisotopic (exact) mass is 194 g/mol. The summed E-state index contributed by atoms with van der Waals surface area (Å²) in [4.78, 5) is 0. The van der Waals surface area contributed by atoms with Crippen LogP contribution in [0.4, 0.5) is 0 Å². The summed E-state index contributed by atoms with van der Waals surface area (Å²) in [6.45, 7) is 6.58. The molecule has 1 aromatic rings. The maximum Gasteiger partial charge on any atom is 0.119 e. The molecular formula is C12H18O2. The van der Waals surface area contributed by atoms with Crippen molar-refractivity contribution in [2.24, 2.45) is 0 Å². The molecule has 1 unspecified atom stereocenters. The van der Waals surface area contributed by atoms with E-state index in [9.17, 15) is 5.11 Å². The molecule has 1 aromatic carbocycles. The van der Waals surface area contributed by atoms with Gasteiger partial charge < -0.3 is 9.84 Å². The molecule has 14 heavy (non-hydrogen) atoms. The lowest BCUT2D eigenvalue weighted by molar-refractivity contribution is 0.198. The molecule has 0 bridgehead atoms. The average Bonchev–Trinajstić information content (AvgIpc) is 2.14. The topological polar surface area (TPSA) is 29.5 Å². The lowest BCUT2D eigenvalue weighted by Crippen LogP contribution is -1.98. The minimum Gasteiger partial charge on any atom is -0.494 e. The van der Waals surface area contributed by atoms with Crippen molar-refractivity contribution in [2.45, 2.75) is 33.3 Å². The minimum atomic E-state index is -0.407. The Balaban J connectivity index is 2.78. The van der Waals surface area contributed by atoms with Crippen molar-refractivity contribution in [3.63, 3.8) is 0 Å². The van der Waals surface area contributed by atoms with E-state index in [1.807, 2.05) is 25.1 Å². The van der Waals surface area contributed by atoms with Gasteiger partial charge in [-0.15, -0.1) is 0 Å². The van der Waals surface area contributed by atoms with Gasteiger partial charge in [0.1, 0.15) is 5.75 Å². The Bertz CT molecular complexity index is 292. The molecule has 78 valence electrons. The Morgan fingerprint density at radius 3 is 2.64 bits per heavy atom. The quantitative estimate of drug-likeness (QED) is 0.798. The van der Waals surface area contributed by atoms with Crippen LogP contribution in [0.1, 0.15) is 37.5 Å². The van der Waals surface area contributed by atoms with E-state index >= 15 is 0 Å². The number of aliphatic hydroxyl groups is 1. The van der Waals surface area contributed by atoms with Crippen molar-refractivity contribution in [1.29, 1.82) is 0 Å². The molecule has 1 rings (SSSR count). The van der Waals surface area contributed by atoms with Crippen LogP contribution in [0.2, 0.25) is 0 Å². The van der Waals surface area contributed by atoms with E-state index in [1.165, 1.54) is 0 Å². The molecule has 1 atom stereocenters. The van der Waals surface area contributed by atoms with Gasteiger partial charge in [-0.2, -0.15) is 0 Å². The maximum atomic E-state index is 9.43. The third kappa shape index (κ3) is 2.74. The van der Waals surface area contributed by atoms with Crippen LogP contribution in [-0.2, 0) is 0 Å². The summed E-state index contributed by atoms with van der Waals surface area (Å²) in [6.07, 6.45) is 0.604. The zero-order valence-corrected chi connectivity index (χ0v) is 9.08. The maximum absolute atomic E-state index is 9.43. The number of hydrogen-bond acceptors (Lipinski definition) is 2. The minimum absolute atomic E-state index is 0.407. The number of aliphatic hydroxyl groups excluding tert-OH is 1. The van der Waals surface area contributed by atoms with Gasteiger partial charge in [0.25, 0.3) is 0 Å². The SMILES string of the molecule is CCCOc1ccc(C(C)O)c(C)c1. The highest BCUT2D eigenvalue weighted by atomic mass is 16.5. The first-order chi connectivity index (χ1) is 6.65. The number of aryl methyl sites for hydroxylation is 1. The molecule has 0 spiro atoms. The fraction of sp³-hybridized carbons (Fsp3) is 0.500. The van der Waals surface area contributed by atoms with Gasteiger partial charge in [-0.1, -0.05) is 13.0 Å². The highest BCUT2D eigenvalue weighted by Gasteiger charge is 2.05. The Hall–Kier alpha value is -1.02. The van der Waals surface area contributed by atoms with Gasteiger partial charge >= 0.3 is 0 Å². The fourth-order valence-electron chi connectivity index (χ4n) is 1.43. The standard InChI is InChI=1S/C12H18O2/c1-4-7-14-11-5-6-12(10(3)13)9(2)8-11/h5-6,8,10,13H,4,7H2,1-3H3. The van der Waals surface area contributed by atoms with Gasteiger partial charge in [-0.3, -0.25) is 0 Å². The Morgan fingerprint density at radius 1 is 1.43 bits per heavy atom. The highest BCUT2D eigenvalue weighted by molar-refractivity contribution is 5.35. The van der Waals surface area contributed by atoms with Crippen molar-refractivity contribution in [3.8, 4) is 5.75 Å². The molecule has 0 saturated carbocycles. The summed E-state index contributed by atoms with van der Waals surface area (Å²) in [6, 6.07) is 5.80. The van der Waals surface area contributed by atoms with Gasteiger partial charge in [0.15, 0.2) is 0 Å². The van der Waals surface area contributed by atoms with Gasteiger partial charge in [-0.25, -0.2) is 0 Å². The van der Waals surface area contributed by atoms with Crippen molar-refractivity contribution in [3.05, 3.63) is 29.3 Å². The van der Waals surface area contributed by atoms with Crippen LogP contribution in [0.5, 0.6) is 5.75 Å². The molecule has 2 heteroatoms. The zero-order chi connectivity index (χ0) is 10.6. The second-order valence-electron chi connectivity index (χ2n) is 3.54. The van der Waals surface area contributed by atoms with Crippen LogP contribution in [0, 0.1) is 6.92 Å². The lowest BCUT2D eigenvalue weighted by Gasteiger charge is -2.11. The molecular weight excluding hydrogens is 176 g/mol. The predicted octanol–water partition coefficient (Wildman–Crippen LogP) is 2.84. The summed E-state index contributed by atoms with van der Waals surface area (Å²) >= 11 is 0. The van der Waals surface area contributed by atoms with Crippen molar-refractivity contribution >= 4 is 0 Å². The normalized spacial score (nSPS) is 12.6. The number of ether oxygens (including phenoxy) is 1. The highest BCUT2D eigenvalue weighted by Crippen LogP contribution is 2.22.